The molecule has 0 bridgehead atoms. The number of aromatic nitrogens is 1. The van der Waals surface area contributed by atoms with Crippen LogP contribution in [-0.2, 0) is 0 Å². The Kier molecular flexibility index (Phi) is 3.69. The van der Waals surface area contributed by atoms with Crippen LogP contribution in [0.4, 0.5) is 5.82 Å². The maximum Gasteiger partial charge on any atom is 0.125 e. The quantitative estimate of drug-likeness (QED) is 0.740. The fraction of sp³-hybridized carbons (Fsp3) is 0.400. The van der Waals surface area contributed by atoms with E-state index in [0.29, 0.717) is 0 Å². The molecule has 3 nitrogen and oxygen atoms in total. The molecule has 0 aliphatic carbocycles. The van der Waals surface area contributed by atoms with Gasteiger partial charge in [-0.1, -0.05) is 11.8 Å². The van der Waals surface area contributed by atoms with Crippen molar-refractivity contribution in [3.8, 4) is 11.8 Å². The lowest BCUT2D eigenvalue weighted by Gasteiger charge is -2.19. The molecular weight excluding hydrogens is 222 g/mol. The first-order valence-corrected chi connectivity index (χ1v) is 6.22. The summed E-state index contributed by atoms with van der Waals surface area (Å²) >= 11 is 0. The van der Waals surface area contributed by atoms with E-state index in [1.165, 1.54) is 5.57 Å². The minimum atomic E-state index is 0.0862. The summed E-state index contributed by atoms with van der Waals surface area (Å²) in [7, 11) is 1.85. The van der Waals surface area contributed by atoms with Crippen LogP contribution < -0.4 is 10.6 Å². The van der Waals surface area contributed by atoms with Crippen molar-refractivity contribution in [2.45, 2.75) is 25.8 Å². The third kappa shape index (κ3) is 2.91. The van der Waals surface area contributed by atoms with Crippen molar-refractivity contribution in [3.63, 3.8) is 0 Å². The maximum absolute atomic E-state index is 4.23. The summed E-state index contributed by atoms with van der Waals surface area (Å²) in [5, 5.41) is 6.44. The first-order valence-electron chi connectivity index (χ1n) is 6.22. The molecule has 1 aromatic heterocycles. The third-order valence-electron chi connectivity index (χ3n) is 3.25. The molecule has 2 heterocycles. The van der Waals surface area contributed by atoms with Gasteiger partial charge in [-0.25, -0.2) is 4.98 Å². The van der Waals surface area contributed by atoms with E-state index in [1.54, 1.807) is 6.20 Å². The second-order valence-electron chi connectivity index (χ2n) is 4.92. The van der Waals surface area contributed by atoms with Crippen molar-refractivity contribution in [2.75, 3.05) is 18.9 Å². The second kappa shape index (κ2) is 5.24. The van der Waals surface area contributed by atoms with Crippen molar-refractivity contribution in [3.05, 3.63) is 35.5 Å². The molecule has 1 aliphatic rings. The average molecular weight is 241 g/mol. The van der Waals surface area contributed by atoms with Crippen molar-refractivity contribution in [1.82, 2.24) is 10.3 Å². The third-order valence-corrected chi connectivity index (χ3v) is 3.25. The summed E-state index contributed by atoms with van der Waals surface area (Å²) in [6, 6.07) is 3.90. The van der Waals surface area contributed by atoms with Crippen LogP contribution in [0.25, 0.3) is 0 Å². The minimum Gasteiger partial charge on any atom is -0.373 e. The van der Waals surface area contributed by atoms with Crippen LogP contribution >= 0.6 is 0 Å². The van der Waals surface area contributed by atoms with Gasteiger partial charge >= 0.3 is 0 Å². The zero-order chi connectivity index (χ0) is 13.0. The average Bonchev–Trinajstić information content (AvgIpc) is 2.70. The molecule has 1 fully saturated rings. The van der Waals surface area contributed by atoms with Gasteiger partial charge in [0.2, 0.25) is 0 Å². The number of pyridine rings is 1. The monoisotopic (exact) mass is 241 g/mol. The Bertz CT molecular complexity index is 501. The summed E-state index contributed by atoms with van der Waals surface area (Å²) in [5.74, 6) is 7.10. The molecule has 0 aromatic carbocycles. The topological polar surface area (TPSA) is 37.0 Å². The molecule has 2 N–H and O–H groups in total. The molecule has 0 amide bonds. The van der Waals surface area contributed by atoms with Gasteiger partial charge in [0.25, 0.3) is 0 Å². The molecule has 0 atom stereocenters. The van der Waals surface area contributed by atoms with Crippen LogP contribution in [0.1, 0.15) is 25.8 Å². The van der Waals surface area contributed by atoms with Crippen LogP contribution in [0.2, 0.25) is 0 Å². The standard InChI is InChI=1S/C15H19N3/c1-15(2)13(9-10-18-15)6-4-5-12-7-8-14(16-3)17-11-12/h6-8,11,18H,9-10H2,1-3H3,(H,16,17)/b13-6+. The molecule has 1 aliphatic heterocycles. The summed E-state index contributed by atoms with van der Waals surface area (Å²) in [6.07, 6.45) is 4.90. The van der Waals surface area contributed by atoms with Crippen molar-refractivity contribution >= 4 is 5.82 Å². The Morgan fingerprint density at radius 2 is 2.28 bits per heavy atom. The van der Waals surface area contributed by atoms with Crippen LogP contribution in [0, 0.1) is 11.8 Å². The van der Waals surface area contributed by atoms with Crippen LogP contribution in [0.5, 0.6) is 0 Å². The number of hydrogen-bond acceptors (Lipinski definition) is 3. The number of hydrogen-bond donors (Lipinski definition) is 2. The van der Waals surface area contributed by atoms with Crippen LogP contribution in [0.3, 0.4) is 0 Å². The Morgan fingerprint density at radius 1 is 1.44 bits per heavy atom. The SMILES string of the molecule is CNc1ccc(C#C/C=C2\CCNC2(C)C)cn1. The summed E-state index contributed by atoms with van der Waals surface area (Å²) in [4.78, 5) is 4.23. The first-order chi connectivity index (χ1) is 8.62. The molecule has 0 saturated carbocycles. The summed E-state index contributed by atoms with van der Waals surface area (Å²) in [5.41, 5.74) is 2.40. The van der Waals surface area contributed by atoms with E-state index in [9.17, 15) is 0 Å². The number of nitrogens with one attached hydrogen (secondary N) is 2. The molecule has 1 saturated heterocycles. The predicted octanol–water partition coefficient (Wildman–Crippen LogP) is 2.17. The zero-order valence-corrected chi connectivity index (χ0v) is 11.2. The van der Waals surface area contributed by atoms with Gasteiger partial charge in [0.15, 0.2) is 0 Å². The highest BCUT2D eigenvalue weighted by Crippen LogP contribution is 2.24. The van der Waals surface area contributed by atoms with E-state index in [1.807, 2.05) is 25.3 Å². The highest BCUT2D eigenvalue weighted by atomic mass is 15.0. The Hall–Kier alpha value is -1.79. The second-order valence-corrected chi connectivity index (χ2v) is 4.92. The molecule has 0 radical (unpaired) electrons. The fourth-order valence-electron chi connectivity index (χ4n) is 2.01. The lowest BCUT2D eigenvalue weighted by molar-refractivity contribution is 0.528. The smallest absolute Gasteiger partial charge is 0.125 e. The largest absolute Gasteiger partial charge is 0.373 e. The summed E-state index contributed by atoms with van der Waals surface area (Å²) in [6.45, 7) is 5.42. The van der Waals surface area contributed by atoms with Gasteiger partial charge in [0.05, 0.1) is 0 Å². The van der Waals surface area contributed by atoms with Crippen molar-refractivity contribution in [1.29, 1.82) is 0 Å². The van der Waals surface area contributed by atoms with Gasteiger partial charge in [-0.2, -0.15) is 0 Å². The van der Waals surface area contributed by atoms with Gasteiger partial charge in [-0.3, -0.25) is 0 Å². The summed E-state index contributed by atoms with van der Waals surface area (Å²) < 4.78 is 0. The highest BCUT2D eigenvalue weighted by Gasteiger charge is 2.27. The Labute approximate surface area is 109 Å². The first kappa shape index (κ1) is 12.7. The van der Waals surface area contributed by atoms with E-state index < -0.39 is 0 Å². The van der Waals surface area contributed by atoms with Crippen molar-refractivity contribution < 1.29 is 0 Å². The maximum atomic E-state index is 4.23. The molecule has 2 rings (SSSR count). The van der Waals surface area contributed by atoms with Crippen LogP contribution in [0.15, 0.2) is 30.0 Å². The van der Waals surface area contributed by atoms with E-state index in [0.717, 1.165) is 24.3 Å². The lowest BCUT2D eigenvalue weighted by atomic mass is 9.96. The number of nitrogens with zero attached hydrogens (tertiary/aromatic N) is 1. The molecule has 0 unspecified atom stereocenters. The predicted molar refractivity (Wildman–Crippen MR) is 75.4 cm³/mol. The van der Waals surface area contributed by atoms with E-state index in [2.05, 4.69) is 41.3 Å². The van der Waals surface area contributed by atoms with Crippen LogP contribution in [-0.4, -0.2) is 24.1 Å². The normalized spacial score (nSPS) is 19.4. The van der Waals surface area contributed by atoms with Gasteiger partial charge in [-0.05, 0) is 50.6 Å². The lowest BCUT2D eigenvalue weighted by Crippen LogP contribution is -2.33. The van der Waals surface area contributed by atoms with E-state index in [-0.39, 0.29) is 5.54 Å². The number of allylic oxidation sites excluding steroid dienone is 1. The molecular formula is C15H19N3. The molecule has 18 heavy (non-hydrogen) atoms. The van der Waals surface area contributed by atoms with Gasteiger partial charge in [0.1, 0.15) is 5.82 Å². The Morgan fingerprint density at radius 3 is 2.83 bits per heavy atom. The molecule has 3 heteroatoms. The van der Waals surface area contributed by atoms with Gasteiger partial charge < -0.3 is 10.6 Å². The van der Waals surface area contributed by atoms with Gasteiger partial charge in [0, 0.05) is 24.3 Å². The minimum absolute atomic E-state index is 0.0862. The van der Waals surface area contributed by atoms with Crippen molar-refractivity contribution in [2.24, 2.45) is 0 Å². The molecule has 0 spiro atoms. The molecule has 1 aromatic rings. The number of anilines is 1. The van der Waals surface area contributed by atoms with Gasteiger partial charge in [-0.15, -0.1) is 0 Å². The van der Waals surface area contributed by atoms with E-state index >= 15 is 0 Å². The highest BCUT2D eigenvalue weighted by molar-refractivity contribution is 5.42. The van der Waals surface area contributed by atoms with E-state index in [4.69, 9.17) is 0 Å². The molecule has 94 valence electrons. The number of rotatable bonds is 1. The fourth-order valence-corrected chi connectivity index (χ4v) is 2.01. The zero-order valence-electron chi connectivity index (χ0n) is 11.2. The Balaban J connectivity index is 2.10.